The number of nitrogens with one attached hydrogen (secondary N) is 1. The smallest absolute Gasteiger partial charge is 0.274 e. The lowest BCUT2D eigenvalue weighted by Crippen LogP contribution is -2.24. The second-order valence-electron chi connectivity index (χ2n) is 7.70. The average Bonchev–Trinajstić information content (AvgIpc) is 3.29. The van der Waals surface area contributed by atoms with E-state index in [0.29, 0.717) is 22.6 Å². The molecule has 0 unspecified atom stereocenters. The number of aromatic nitrogens is 6. The summed E-state index contributed by atoms with van der Waals surface area (Å²) in [5, 5.41) is 1.88. The van der Waals surface area contributed by atoms with Gasteiger partial charge in [-0.05, 0) is 37.3 Å². The van der Waals surface area contributed by atoms with Crippen LogP contribution in [0.25, 0.3) is 49.6 Å². The summed E-state index contributed by atoms with van der Waals surface area (Å²) in [6, 6.07) is 16.1. The zero-order chi connectivity index (χ0) is 23.2. The molecule has 6 aromatic rings. The predicted molar refractivity (Wildman–Crippen MR) is 132 cm³/mol. The minimum atomic E-state index is -0.425. The molecule has 0 radical (unpaired) electrons. The van der Waals surface area contributed by atoms with E-state index in [1.165, 1.54) is 22.0 Å². The van der Waals surface area contributed by atoms with E-state index in [9.17, 15) is 9.59 Å². The molecule has 164 valence electrons. The molecule has 9 heteroatoms. The first-order valence-electron chi connectivity index (χ1n) is 10.5. The Kier molecular flexibility index (Phi) is 4.63. The van der Waals surface area contributed by atoms with Crippen LogP contribution in [0.2, 0.25) is 0 Å². The van der Waals surface area contributed by atoms with Gasteiger partial charge in [-0.15, -0.1) is 11.3 Å². The van der Waals surface area contributed by atoms with Crippen molar-refractivity contribution in [2.75, 3.05) is 0 Å². The fraction of sp³-hybridized carbons (Fsp3) is 0.0400. The zero-order valence-corrected chi connectivity index (χ0v) is 18.7. The van der Waals surface area contributed by atoms with Crippen molar-refractivity contribution in [2.24, 2.45) is 0 Å². The quantitative estimate of drug-likeness (QED) is 0.422. The minimum absolute atomic E-state index is 0.183. The molecule has 1 aromatic carbocycles. The van der Waals surface area contributed by atoms with Crippen molar-refractivity contribution in [1.82, 2.24) is 29.5 Å². The third-order valence-corrected chi connectivity index (χ3v) is 6.39. The van der Waals surface area contributed by atoms with Crippen LogP contribution in [-0.4, -0.2) is 29.5 Å². The van der Waals surface area contributed by atoms with Gasteiger partial charge in [0.05, 0.1) is 21.1 Å². The molecule has 0 aliphatic heterocycles. The summed E-state index contributed by atoms with van der Waals surface area (Å²) in [4.78, 5) is 47.3. The van der Waals surface area contributed by atoms with Crippen molar-refractivity contribution in [3.05, 3.63) is 98.9 Å². The number of benzene rings is 1. The third kappa shape index (κ3) is 3.39. The van der Waals surface area contributed by atoms with Crippen molar-refractivity contribution in [3.63, 3.8) is 0 Å². The highest BCUT2D eigenvalue weighted by Crippen LogP contribution is 2.34. The topological polar surface area (TPSA) is 106 Å². The Hall–Kier alpha value is -4.50. The molecule has 0 aliphatic carbocycles. The number of hydrogen-bond acceptors (Lipinski definition) is 7. The molecular weight excluding hydrogens is 448 g/mol. The average molecular weight is 465 g/mol. The van der Waals surface area contributed by atoms with Crippen molar-refractivity contribution >= 4 is 33.4 Å². The van der Waals surface area contributed by atoms with E-state index in [2.05, 4.69) is 15.0 Å². The molecule has 0 atom stereocenters. The van der Waals surface area contributed by atoms with E-state index in [4.69, 9.17) is 9.97 Å². The normalized spacial score (nSPS) is 11.3. The molecule has 1 N–H and O–H groups in total. The monoisotopic (exact) mass is 464 g/mol. The van der Waals surface area contributed by atoms with E-state index < -0.39 is 5.56 Å². The van der Waals surface area contributed by atoms with Crippen molar-refractivity contribution < 1.29 is 0 Å². The number of fused-ring (bicyclic) bond motifs is 2. The summed E-state index contributed by atoms with van der Waals surface area (Å²) < 4.78 is 1.29. The number of aromatic amines is 1. The van der Waals surface area contributed by atoms with Gasteiger partial charge in [-0.3, -0.25) is 19.1 Å². The van der Waals surface area contributed by atoms with Crippen LogP contribution >= 0.6 is 11.3 Å². The minimum Gasteiger partial charge on any atom is -0.303 e. The Morgan fingerprint density at radius 3 is 2.65 bits per heavy atom. The van der Waals surface area contributed by atoms with E-state index in [1.807, 2.05) is 37.3 Å². The summed E-state index contributed by atoms with van der Waals surface area (Å²) in [6.45, 7) is 1.93. The summed E-state index contributed by atoms with van der Waals surface area (Å²) in [6.07, 6.45) is 5.07. The van der Waals surface area contributed by atoms with Gasteiger partial charge in [-0.2, -0.15) is 0 Å². The van der Waals surface area contributed by atoms with Crippen LogP contribution in [0, 0.1) is 6.92 Å². The molecule has 34 heavy (non-hydrogen) atoms. The van der Waals surface area contributed by atoms with E-state index in [-0.39, 0.29) is 11.2 Å². The Morgan fingerprint density at radius 1 is 0.912 bits per heavy atom. The van der Waals surface area contributed by atoms with Crippen molar-refractivity contribution in [2.45, 2.75) is 6.92 Å². The van der Waals surface area contributed by atoms with Gasteiger partial charge in [0.1, 0.15) is 16.9 Å². The SMILES string of the molecule is Cc1ncc(-c2nc3[nH]c(=O)c(-n4ccccc4=O)cc3nc2-c2ccc3ncccc3c2)s1. The lowest BCUT2D eigenvalue weighted by atomic mass is 10.1. The van der Waals surface area contributed by atoms with Crippen LogP contribution in [0.15, 0.2) is 82.8 Å². The molecular formula is C25H16N6O2S. The fourth-order valence-electron chi connectivity index (χ4n) is 3.88. The lowest BCUT2D eigenvalue weighted by Gasteiger charge is -2.11. The van der Waals surface area contributed by atoms with Gasteiger partial charge >= 0.3 is 0 Å². The number of rotatable bonds is 3. The van der Waals surface area contributed by atoms with Gasteiger partial charge in [0.25, 0.3) is 11.1 Å². The standard InChI is InChI=1S/C25H16N6O2S/c1-14-27-13-20(34-14)23-22(16-7-8-17-15(11-16)5-4-9-26-17)28-18-12-19(25(33)30-24(18)29-23)31-10-3-2-6-21(31)32/h2-13H,1H3,(H,29,30,33). The van der Waals surface area contributed by atoms with Crippen LogP contribution < -0.4 is 11.1 Å². The van der Waals surface area contributed by atoms with Gasteiger partial charge in [-0.1, -0.05) is 18.2 Å². The first kappa shape index (κ1) is 20.1. The molecule has 0 spiro atoms. The molecule has 6 rings (SSSR count). The van der Waals surface area contributed by atoms with Crippen LogP contribution in [-0.2, 0) is 0 Å². The number of H-pyrrole nitrogens is 1. The molecule has 0 saturated carbocycles. The van der Waals surface area contributed by atoms with Crippen molar-refractivity contribution in [1.29, 1.82) is 0 Å². The summed E-state index contributed by atoms with van der Waals surface area (Å²) in [5.74, 6) is 0. The zero-order valence-electron chi connectivity index (χ0n) is 17.9. The second-order valence-corrected chi connectivity index (χ2v) is 8.94. The molecule has 0 aliphatic rings. The van der Waals surface area contributed by atoms with Crippen molar-refractivity contribution in [3.8, 4) is 27.5 Å². The highest BCUT2D eigenvalue weighted by molar-refractivity contribution is 7.15. The van der Waals surface area contributed by atoms with Gasteiger partial charge in [-0.25, -0.2) is 15.0 Å². The summed E-state index contributed by atoms with van der Waals surface area (Å²) >= 11 is 1.50. The molecule has 0 bridgehead atoms. The first-order valence-corrected chi connectivity index (χ1v) is 11.3. The van der Waals surface area contributed by atoms with E-state index in [0.717, 1.165) is 26.4 Å². The maximum absolute atomic E-state index is 12.8. The number of pyridine rings is 3. The van der Waals surface area contributed by atoms with Crippen LogP contribution in [0.4, 0.5) is 0 Å². The molecule has 5 heterocycles. The number of nitrogens with zero attached hydrogens (tertiary/aromatic N) is 5. The number of hydrogen-bond donors (Lipinski definition) is 1. The van der Waals surface area contributed by atoms with E-state index in [1.54, 1.807) is 36.8 Å². The lowest BCUT2D eigenvalue weighted by molar-refractivity contribution is 0.963. The Bertz CT molecular complexity index is 1840. The maximum atomic E-state index is 12.8. The Labute approximate surface area is 196 Å². The molecule has 0 saturated heterocycles. The maximum Gasteiger partial charge on any atom is 0.274 e. The summed E-state index contributed by atoms with van der Waals surface area (Å²) in [5.41, 5.74) is 3.28. The first-order chi connectivity index (χ1) is 16.6. The Balaban J connectivity index is 1.65. The van der Waals surface area contributed by atoms with Crippen LogP contribution in [0.1, 0.15) is 5.01 Å². The van der Waals surface area contributed by atoms with Gasteiger partial charge in [0, 0.05) is 35.6 Å². The molecule has 0 fully saturated rings. The molecule has 5 aromatic heterocycles. The molecule has 8 nitrogen and oxygen atoms in total. The van der Waals surface area contributed by atoms with Crippen LogP contribution in [0.3, 0.4) is 0 Å². The predicted octanol–water partition coefficient (Wildman–Crippen LogP) is 4.12. The Morgan fingerprint density at radius 2 is 1.82 bits per heavy atom. The summed E-state index contributed by atoms with van der Waals surface area (Å²) in [7, 11) is 0. The van der Waals surface area contributed by atoms with Gasteiger partial charge in [0.15, 0.2) is 5.65 Å². The molecule has 0 amide bonds. The second kappa shape index (κ2) is 7.82. The number of thiazole rings is 1. The fourth-order valence-corrected chi connectivity index (χ4v) is 4.65. The van der Waals surface area contributed by atoms with Gasteiger partial charge < -0.3 is 4.98 Å². The van der Waals surface area contributed by atoms with E-state index >= 15 is 0 Å². The highest BCUT2D eigenvalue weighted by Gasteiger charge is 2.18. The highest BCUT2D eigenvalue weighted by atomic mass is 32.1. The van der Waals surface area contributed by atoms with Crippen LogP contribution in [0.5, 0.6) is 0 Å². The van der Waals surface area contributed by atoms with Gasteiger partial charge in [0.2, 0.25) is 0 Å². The third-order valence-electron chi connectivity index (χ3n) is 5.47. The number of aryl methyl sites for hydroxylation is 1. The largest absolute Gasteiger partial charge is 0.303 e.